The van der Waals surface area contributed by atoms with Crippen molar-refractivity contribution in [2.45, 2.75) is 159 Å². The van der Waals surface area contributed by atoms with Gasteiger partial charge in [0, 0.05) is 0 Å². The van der Waals surface area contributed by atoms with Gasteiger partial charge in [-0.25, -0.2) is 0 Å². The maximum Gasteiger partial charge on any atom is -0.0417 e. The molecular weight excluding hydrogens is 324 g/mol. The van der Waals surface area contributed by atoms with Crippen molar-refractivity contribution in [1.82, 2.24) is 0 Å². The lowest BCUT2D eigenvalue weighted by molar-refractivity contribution is 0.339. The summed E-state index contributed by atoms with van der Waals surface area (Å²) >= 11 is 0. The van der Waals surface area contributed by atoms with Crippen LogP contribution in [-0.4, -0.2) is 0 Å². The zero-order valence-electron chi connectivity index (χ0n) is 21.3. The van der Waals surface area contributed by atoms with Crippen molar-refractivity contribution in [2.24, 2.45) is 17.8 Å². The largest absolute Gasteiger partial charge is 0.0654 e. The zero-order chi connectivity index (χ0) is 21.3. The van der Waals surface area contributed by atoms with Crippen molar-refractivity contribution in [3.05, 3.63) is 0 Å². The van der Waals surface area contributed by atoms with Crippen LogP contribution in [0.3, 0.4) is 0 Å². The van der Waals surface area contributed by atoms with E-state index < -0.39 is 0 Å². The van der Waals surface area contributed by atoms with Gasteiger partial charge >= 0.3 is 0 Å². The van der Waals surface area contributed by atoms with Crippen molar-refractivity contribution >= 4 is 0 Å². The standard InChI is InChI=1S/C10H22.C9H20.C8H18/c1-5-7-9(3)10(4)8-6-2;1-4-6-8-9(3)7-5-2;1-3-5-7-8-6-4-2/h9-10H,5-8H2,1-4H3;9H,4-8H2,1-3H3;3-8H2,1-2H3. The van der Waals surface area contributed by atoms with Crippen LogP contribution in [0.25, 0.3) is 0 Å². The second-order valence-corrected chi connectivity index (χ2v) is 8.98. The van der Waals surface area contributed by atoms with Crippen molar-refractivity contribution < 1.29 is 0 Å². The predicted molar refractivity (Wildman–Crippen MR) is 131 cm³/mol. The van der Waals surface area contributed by atoms with Gasteiger partial charge in [-0.05, 0) is 17.8 Å². The normalized spacial score (nSPS) is 13.7. The maximum absolute atomic E-state index is 2.38. The second kappa shape index (κ2) is 28.2. The fraction of sp³-hybridized carbons (Fsp3) is 1.00. The molecule has 0 saturated heterocycles. The quantitative estimate of drug-likeness (QED) is 0.246. The molecule has 0 aliphatic carbocycles. The Bertz CT molecular complexity index is 204. The SMILES string of the molecule is CCCC(C)C(C)CCC.CCCCC(C)CCC.CCCCCCCC. The summed E-state index contributed by atoms with van der Waals surface area (Å²) in [5.41, 5.74) is 0. The van der Waals surface area contributed by atoms with Crippen LogP contribution in [0.2, 0.25) is 0 Å². The number of hydrogen-bond acceptors (Lipinski definition) is 0. The smallest absolute Gasteiger partial charge is 0.0417 e. The highest BCUT2D eigenvalue weighted by Gasteiger charge is 2.08. The van der Waals surface area contributed by atoms with E-state index in [1.54, 1.807) is 0 Å². The van der Waals surface area contributed by atoms with E-state index in [9.17, 15) is 0 Å². The Labute approximate surface area is 176 Å². The van der Waals surface area contributed by atoms with E-state index >= 15 is 0 Å². The Morgan fingerprint density at radius 2 is 0.741 bits per heavy atom. The lowest BCUT2D eigenvalue weighted by Crippen LogP contribution is -2.06. The number of unbranched alkanes of at least 4 members (excludes halogenated alkanes) is 6. The summed E-state index contributed by atoms with van der Waals surface area (Å²) in [5.74, 6) is 2.84. The van der Waals surface area contributed by atoms with Crippen LogP contribution in [-0.2, 0) is 0 Å². The van der Waals surface area contributed by atoms with Crippen LogP contribution in [0, 0.1) is 17.8 Å². The average Bonchev–Trinajstić information content (AvgIpc) is 2.65. The van der Waals surface area contributed by atoms with Gasteiger partial charge in [-0.15, -0.1) is 0 Å². The molecule has 0 aliphatic rings. The zero-order valence-corrected chi connectivity index (χ0v) is 21.3. The Morgan fingerprint density at radius 1 is 0.370 bits per heavy atom. The fourth-order valence-electron chi connectivity index (χ4n) is 3.52. The molecule has 0 aliphatic heterocycles. The Morgan fingerprint density at radius 3 is 1.04 bits per heavy atom. The van der Waals surface area contributed by atoms with E-state index in [1.165, 1.54) is 96.3 Å². The molecule has 0 amide bonds. The van der Waals surface area contributed by atoms with Gasteiger partial charge in [0.1, 0.15) is 0 Å². The summed E-state index contributed by atoms with van der Waals surface area (Å²) in [6.45, 7) is 20.7. The topological polar surface area (TPSA) is 0 Å². The summed E-state index contributed by atoms with van der Waals surface area (Å²) in [6.07, 6.45) is 21.0. The Balaban J connectivity index is -0.000000322. The molecule has 0 aromatic heterocycles. The van der Waals surface area contributed by atoms with Gasteiger partial charge in [0.15, 0.2) is 0 Å². The number of rotatable bonds is 15. The molecule has 168 valence electrons. The second-order valence-electron chi connectivity index (χ2n) is 8.98. The van der Waals surface area contributed by atoms with Gasteiger partial charge in [0.25, 0.3) is 0 Å². The van der Waals surface area contributed by atoms with Crippen LogP contribution in [0.4, 0.5) is 0 Å². The first kappa shape index (κ1) is 31.7. The molecule has 0 aromatic rings. The summed E-state index contributed by atoms with van der Waals surface area (Å²) in [4.78, 5) is 0. The molecule has 0 bridgehead atoms. The molecule has 0 heteroatoms. The third kappa shape index (κ3) is 30.9. The Kier molecular flexibility index (Phi) is 33.1. The van der Waals surface area contributed by atoms with Crippen LogP contribution in [0.5, 0.6) is 0 Å². The molecule has 0 spiro atoms. The first-order valence-corrected chi connectivity index (χ1v) is 12.9. The summed E-state index contributed by atoms with van der Waals surface area (Å²) in [7, 11) is 0. The molecule has 0 rings (SSSR count). The molecule has 0 heterocycles. The molecule has 0 aromatic carbocycles. The van der Waals surface area contributed by atoms with E-state index in [1.807, 2.05) is 0 Å². The highest BCUT2D eigenvalue weighted by Crippen LogP contribution is 2.20. The van der Waals surface area contributed by atoms with Gasteiger partial charge in [0.05, 0.1) is 0 Å². The lowest BCUT2D eigenvalue weighted by atomic mass is 9.89. The molecule has 0 radical (unpaired) electrons. The van der Waals surface area contributed by atoms with Gasteiger partial charge in [-0.2, -0.15) is 0 Å². The monoisotopic (exact) mass is 384 g/mol. The van der Waals surface area contributed by atoms with Crippen LogP contribution in [0.1, 0.15) is 159 Å². The molecule has 0 nitrogen and oxygen atoms in total. The van der Waals surface area contributed by atoms with Crippen molar-refractivity contribution in [2.75, 3.05) is 0 Å². The minimum Gasteiger partial charge on any atom is -0.0654 e. The maximum atomic E-state index is 2.38. The van der Waals surface area contributed by atoms with E-state index in [4.69, 9.17) is 0 Å². The van der Waals surface area contributed by atoms with Gasteiger partial charge in [0.2, 0.25) is 0 Å². The van der Waals surface area contributed by atoms with Gasteiger partial charge in [-0.3, -0.25) is 0 Å². The average molecular weight is 385 g/mol. The summed E-state index contributed by atoms with van der Waals surface area (Å²) < 4.78 is 0. The van der Waals surface area contributed by atoms with E-state index in [-0.39, 0.29) is 0 Å². The van der Waals surface area contributed by atoms with E-state index in [0.717, 1.165) is 17.8 Å². The predicted octanol–water partition coefficient (Wildman–Crippen LogP) is 10.8. The van der Waals surface area contributed by atoms with Crippen LogP contribution in [0.15, 0.2) is 0 Å². The Hall–Kier alpha value is 0. The third-order valence-electron chi connectivity index (χ3n) is 5.75. The summed E-state index contributed by atoms with van der Waals surface area (Å²) in [5, 5.41) is 0. The molecule has 27 heavy (non-hydrogen) atoms. The van der Waals surface area contributed by atoms with E-state index in [2.05, 4.69) is 62.3 Å². The molecular formula is C27H60. The highest BCUT2D eigenvalue weighted by atomic mass is 14.1. The molecule has 3 unspecified atom stereocenters. The molecule has 3 atom stereocenters. The van der Waals surface area contributed by atoms with Crippen LogP contribution >= 0.6 is 0 Å². The summed E-state index contributed by atoms with van der Waals surface area (Å²) in [6, 6.07) is 0. The first-order valence-electron chi connectivity index (χ1n) is 12.9. The highest BCUT2D eigenvalue weighted by molar-refractivity contribution is 4.60. The van der Waals surface area contributed by atoms with Crippen molar-refractivity contribution in [1.29, 1.82) is 0 Å². The molecule has 0 fully saturated rings. The minimum absolute atomic E-state index is 0.935. The first-order chi connectivity index (χ1) is 12.9. The fourth-order valence-corrected chi connectivity index (χ4v) is 3.52. The molecule has 0 N–H and O–H groups in total. The number of hydrogen-bond donors (Lipinski definition) is 0. The third-order valence-corrected chi connectivity index (χ3v) is 5.75. The van der Waals surface area contributed by atoms with Gasteiger partial charge < -0.3 is 0 Å². The van der Waals surface area contributed by atoms with Crippen LogP contribution < -0.4 is 0 Å². The van der Waals surface area contributed by atoms with E-state index in [0.29, 0.717) is 0 Å². The molecule has 0 saturated carbocycles. The minimum atomic E-state index is 0.935. The lowest BCUT2D eigenvalue weighted by Gasteiger charge is -2.17. The van der Waals surface area contributed by atoms with Crippen molar-refractivity contribution in [3.63, 3.8) is 0 Å². The van der Waals surface area contributed by atoms with Crippen molar-refractivity contribution in [3.8, 4) is 0 Å². The van der Waals surface area contributed by atoms with Gasteiger partial charge in [-0.1, -0.05) is 159 Å².